The molecule has 1 atom stereocenters. The molecule has 3 aromatic rings. The first-order chi connectivity index (χ1) is 18.0. The molecule has 1 aliphatic heterocycles. The van der Waals surface area contributed by atoms with Crippen molar-refractivity contribution >= 4 is 43.2 Å². The number of carbonyl (C=O) groups is 1. The van der Waals surface area contributed by atoms with Gasteiger partial charge in [0, 0.05) is 35.2 Å². The van der Waals surface area contributed by atoms with Crippen molar-refractivity contribution in [3.05, 3.63) is 82.0 Å². The highest BCUT2D eigenvalue weighted by Gasteiger charge is 2.23. The van der Waals surface area contributed by atoms with Gasteiger partial charge < -0.3 is 9.47 Å². The van der Waals surface area contributed by atoms with Gasteiger partial charge in [0.05, 0.1) is 22.3 Å². The SMILES string of the molecule is Cc1cc(OCCCS(C)(=O)=O)nc(C)c1-c1cccc(COc2ccc(C3=CC(=O)NS3=O)c(Cl)c2)c1. The Morgan fingerprint density at radius 3 is 2.53 bits per heavy atom. The van der Waals surface area contributed by atoms with Crippen LogP contribution in [0.4, 0.5) is 0 Å². The van der Waals surface area contributed by atoms with E-state index in [0.717, 1.165) is 27.9 Å². The number of amides is 1. The van der Waals surface area contributed by atoms with Gasteiger partial charge in [-0.15, -0.1) is 0 Å². The summed E-state index contributed by atoms with van der Waals surface area (Å²) in [5.74, 6) is 0.668. The average Bonchev–Trinajstić information content (AvgIpc) is 3.17. The maximum atomic E-state index is 12.0. The van der Waals surface area contributed by atoms with E-state index in [0.29, 0.717) is 40.1 Å². The number of hydrogen-bond donors (Lipinski definition) is 1. The Morgan fingerprint density at radius 2 is 1.87 bits per heavy atom. The van der Waals surface area contributed by atoms with Crippen LogP contribution < -0.4 is 14.2 Å². The second kappa shape index (κ2) is 11.7. The molecule has 2 aromatic carbocycles. The van der Waals surface area contributed by atoms with E-state index in [1.165, 1.54) is 12.3 Å². The number of carbonyl (C=O) groups excluding carboxylic acids is 1. The predicted octanol–water partition coefficient (Wildman–Crippen LogP) is 4.55. The number of aromatic nitrogens is 1. The summed E-state index contributed by atoms with van der Waals surface area (Å²) in [7, 11) is -4.64. The minimum absolute atomic E-state index is 0.0751. The van der Waals surface area contributed by atoms with Crippen molar-refractivity contribution in [2.45, 2.75) is 26.9 Å². The molecule has 8 nitrogen and oxygen atoms in total. The van der Waals surface area contributed by atoms with E-state index in [1.54, 1.807) is 18.2 Å². The van der Waals surface area contributed by atoms with Crippen LogP contribution in [-0.2, 0) is 32.2 Å². The van der Waals surface area contributed by atoms with Gasteiger partial charge in [-0.3, -0.25) is 9.52 Å². The van der Waals surface area contributed by atoms with Crippen molar-refractivity contribution < 1.29 is 26.9 Å². The Morgan fingerprint density at radius 1 is 1.08 bits per heavy atom. The number of halogens is 1. The summed E-state index contributed by atoms with van der Waals surface area (Å²) in [6, 6.07) is 14.8. The van der Waals surface area contributed by atoms with E-state index in [1.807, 2.05) is 44.2 Å². The summed E-state index contributed by atoms with van der Waals surface area (Å²) in [6.07, 6.45) is 2.89. The van der Waals surface area contributed by atoms with Crippen LogP contribution in [0.3, 0.4) is 0 Å². The predicted molar refractivity (Wildman–Crippen MR) is 149 cm³/mol. The third kappa shape index (κ3) is 7.00. The van der Waals surface area contributed by atoms with Crippen LogP contribution in [0.5, 0.6) is 11.6 Å². The maximum absolute atomic E-state index is 12.0. The lowest BCUT2D eigenvalue weighted by atomic mass is 9.98. The highest BCUT2D eigenvalue weighted by atomic mass is 35.5. The van der Waals surface area contributed by atoms with Gasteiger partial charge >= 0.3 is 0 Å². The van der Waals surface area contributed by atoms with E-state index >= 15 is 0 Å². The largest absolute Gasteiger partial charge is 0.489 e. The second-order valence-corrected chi connectivity index (χ2v) is 12.8. The van der Waals surface area contributed by atoms with Gasteiger partial charge in [0.1, 0.15) is 22.2 Å². The summed E-state index contributed by atoms with van der Waals surface area (Å²) in [6.45, 7) is 4.47. The standard InChI is InChI=1S/C27H27ClN2O6S2/c1-17-12-26(35-10-5-11-38(3,33)34)29-18(2)27(17)20-7-4-6-19(13-20)16-36-21-8-9-22(23(28)14-21)24-15-25(31)30-37(24)32/h4,6-9,12-15H,5,10-11,16H2,1-3H3,(H,30,31). The molecular weight excluding hydrogens is 548 g/mol. The number of rotatable bonds is 10. The Hall–Kier alpha value is -3.21. The van der Waals surface area contributed by atoms with Gasteiger partial charge in [0.15, 0.2) is 11.0 Å². The number of hydrogen-bond acceptors (Lipinski definition) is 7. The topological polar surface area (TPSA) is 112 Å². The summed E-state index contributed by atoms with van der Waals surface area (Å²) >= 11 is 6.38. The van der Waals surface area contributed by atoms with Crippen LogP contribution in [0.15, 0.2) is 54.6 Å². The van der Waals surface area contributed by atoms with Gasteiger partial charge in [-0.25, -0.2) is 17.6 Å². The van der Waals surface area contributed by atoms with E-state index in [2.05, 4.69) is 9.71 Å². The first-order valence-electron chi connectivity index (χ1n) is 11.7. The summed E-state index contributed by atoms with van der Waals surface area (Å²) in [4.78, 5) is 16.4. The van der Waals surface area contributed by atoms with Crippen LogP contribution in [0.1, 0.15) is 28.8 Å². The molecule has 1 N–H and O–H groups in total. The third-order valence-corrected chi connectivity index (χ3v) is 8.23. The minimum atomic E-state index is -3.02. The van der Waals surface area contributed by atoms with Gasteiger partial charge in [0.2, 0.25) is 5.88 Å². The minimum Gasteiger partial charge on any atom is -0.489 e. The van der Waals surface area contributed by atoms with E-state index in [4.69, 9.17) is 21.1 Å². The number of benzene rings is 2. The lowest BCUT2D eigenvalue weighted by molar-refractivity contribution is -0.114. The molecule has 11 heteroatoms. The molecule has 2 heterocycles. The maximum Gasteiger partial charge on any atom is 0.257 e. The van der Waals surface area contributed by atoms with Gasteiger partial charge in [-0.1, -0.05) is 29.8 Å². The van der Waals surface area contributed by atoms with Crippen LogP contribution in [-0.4, -0.2) is 42.1 Å². The van der Waals surface area contributed by atoms with E-state index in [-0.39, 0.29) is 12.4 Å². The number of nitrogens with zero attached hydrogens (tertiary/aromatic N) is 1. The number of ether oxygens (including phenoxy) is 2. The fourth-order valence-corrected chi connectivity index (χ4v) is 6.01. The molecule has 0 radical (unpaired) electrons. The lowest BCUT2D eigenvalue weighted by Gasteiger charge is -2.14. The zero-order valence-electron chi connectivity index (χ0n) is 21.1. The van der Waals surface area contributed by atoms with Gasteiger partial charge in [-0.2, -0.15) is 0 Å². The first kappa shape index (κ1) is 27.8. The zero-order chi connectivity index (χ0) is 27.4. The molecule has 0 fully saturated rings. The summed E-state index contributed by atoms with van der Waals surface area (Å²) in [5.41, 5.74) is 5.22. The molecule has 1 unspecified atom stereocenters. The fraction of sp³-hybridized carbons (Fsp3) is 0.259. The first-order valence-corrected chi connectivity index (χ1v) is 15.3. The van der Waals surface area contributed by atoms with Crippen LogP contribution in [0.25, 0.3) is 16.0 Å². The quantitative estimate of drug-likeness (QED) is 0.354. The molecule has 200 valence electrons. The third-order valence-electron chi connectivity index (χ3n) is 5.77. The highest BCUT2D eigenvalue weighted by molar-refractivity contribution is 7.94. The Bertz CT molecular complexity index is 1530. The molecule has 38 heavy (non-hydrogen) atoms. The van der Waals surface area contributed by atoms with E-state index in [9.17, 15) is 17.4 Å². The molecule has 1 amide bonds. The van der Waals surface area contributed by atoms with Crippen LogP contribution in [0, 0.1) is 13.8 Å². The zero-order valence-corrected chi connectivity index (χ0v) is 23.5. The normalized spacial score (nSPS) is 15.2. The second-order valence-electron chi connectivity index (χ2n) is 8.94. The van der Waals surface area contributed by atoms with Crippen molar-refractivity contribution in [3.8, 4) is 22.8 Å². The number of sulfone groups is 1. The molecule has 0 aliphatic carbocycles. The van der Waals surface area contributed by atoms with E-state index < -0.39 is 26.7 Å². The summed E-state index contributed by atoms with van der Waals surface area (Å²) < 4.78 is 48.6. The molecule has 1 aromatic heterocycles. The number of pyridine rings is 1. The van der Waals surface area contributed by atoms with Crippen LogP contribution >= 0.6 is 11.6 Å². The number of nitrogens with one attached hydrogen (secondary N) is 1. The van der Waals surface area contributed by atoms with Crippen molar-refractivity contribution in [2.24, 2.45) is 0 Å². The summed E-state index contributed by atoms with van der Waals surface area (Å²) in [5, 5.41) is 0.336. The number of aryl methyl sites for hydroxylation is 2. The Balaban J connectivity index is 1.44. The monoisotopic (exact) mass is 574 g/mol. The fourth-order valence-electron chi connectivity index (χ4n) is 4.10. The highest BCUT2D eigenvalue weighted by Crippen LogP contribution is 2.32. The molecule has 0 bridgehead atoms. The molecule has 0 spiro atoms. The van der Waals surface area contributed by atoms with Crippen LogP contribution in [0.2, 0.25) is 5.02 Å². The van der Waals surface area contributed by atoms with Gasteiger partial charge in [-0.05, 0) is 61.2 Å². The van der Waals surface area contributed by atoms with Crippen molar-refractivity contribution in [1.82, 2.24) is 9.71 Å². The molecular formula is C27H27ClN2O6S2. The average molecular weight is 575 g/mol. The Kier molecular flexibility index (Phi) is 8.54. The smallest absolute Gasteiger partial charge is 0.257 e. The van der Waals surface area contributed by atoms with Crippen molar-refractivity contribution in [3.63, 3.8) is 0 Å². The molecule has 4 rings (SSSR count). The molecule has 1 aliphatic rings. The van der Waals surface area contributed by atoms with Gasteiger partial charge in [0.25, 0.3) is 5.91 Å². The lowest BCUT2D eigenvalue weighted by Crippen LogP contribution is -2.16. The Labute approximate surface area is 229 Å². The molecule has 0 saturated heterocycles. The molecule has 0 saturated carbocycles. The van der Waals surface area contributed by atoms with Crippen molar-refractivity contribution in [2.75, 3.05) is 18.6 Å². The van der Waals surface area contributed by atoms with Crippen molar-refractivity contribution in [1.29, 1.82) is 0 Å².